The van der Waals surface area contributed by atoms with E-state index in [1.54, 1.807) is 39.5 Å². The van der Waals surface area contributed by atoms with Crippen LogP contribution in [-0.4, -0.2) is 40.2 Å². The van der Waals surface area contributed by atoms with Crippen LogP contribution < -0.4 is 5.32 Å². The summed E-state index contributed by atoms with van der Waals surface area (Å²) in [6.07, 6.45) is -0.603. The topological polar surface area (TPSA) is 104 Å². The van der Waals surface area contributed by atoms with E-state index in [1.165, 1.54) is 0 Å². The van der Waals surface area contributed by atoms with E-state index in [0.29, 0.717) is 5.75 Å². The number of carbonyl (C=O) groups excluding carboxylic acids is 2. The Kier molecular flexibility index (Phi) is 7.86. The summed E-state index contributed by atoms with van der Waals surface area (Å²) >= 11 is 1.58. The third kappa shape index (κ3) is 7.22. The number of esters is 1. The van der Waals surface area contributed by atoms with Crippen LogP contribution in [0.4, 0.5) is 4.79 Å². The lowest BCUT2D eigenvalue weighted by Crippen LogP contribution is -2.36. The van der Waals surface area contributed by atoms with Gasteiger partial charge in [0.15, 0.2) is 0 Å². The number of carbonyl (C=O) groups is 2. The molecule has 152 valence electrons. The van der Waals surface area contributed by atoms with Gasteiger partial charge in [-0.3, -0.25) is 0 Å². The van der Waals surface area contributed by atoms with Crippen LogP contribution in [0.15, 0.2) is 34.9 Å². The fourth-order valence-corrected chi connectivity index (χ4v) is 3.16. The van der Waals surface area contributed by atoms with Crippen molar-refractivity contribution in [2.45, 2.75) is 45.1 Å². The molecule has 1 N–H and O–H groups in total. The summed E-state index contributed by atoms with van der Waals surface area (Å²) in [4.78, 5) is 28.0. The first-order chi connectivity index (χ1) is 13.3. The summed E-state index contributed by atoms with van der Waals surface area (Å²) in [5.74, 6) is 0.464. The highest BCUT2D eigenvalue weighted by Gasteiger charge is 2.26. The summed E-state index contributed by atoms with van der Waals surface area (Å²) in [5.41, 5.74) is 0.512. The molecule has 1 atom stereocenters. The second-order valence-electron chi connectivity index (χ2n) is 6.88. The van der Waals surface area contributed by atoms with Crippen molar-refractivity contribution in [3.63, 3.8) is 0 Å². The van der Waals surface area contributed by atoms with E-state index in [4.69, 9.17) is 14.0 Å². The second kappa shape index (κ2) is 10.1. The first-order valence-corrected chi connectivity index (χ1v) is 10.1. The third-order valence-corrected chi connectivity index (χ3v) is 4.39. The minimum absolute atomic E-state index is 0.120. The molecule has 0 spiro atoms. The number of benzene rings is 1. The van der Waals surface area contributed by atoms with Gasteiger partial charge >= 0.3 is 12.1 Å². The Hall–Kier alpha value is -2.55. The minimum Gasteiger partial charge on any atom is -0.460 e. The van der Waals surface area contributed by atoms with Crippen molar-refractivity contribution in [3.05, 3.63) is 47.6 Å². The van der Waals surface area contributed by atoms with Crippen molar-refractivity contribution in [3.8, 4) is 0 Å². The summed E-state index contributed by atoms with van der Waals surface area (Å²) in [6.45, 7) is 7.22. The zero-order valence-corrected chi connectivity index (χ0v) is 17.2. The van der Waals surface area contributed by atoms with Crippen molar-refractivity contribution < 1.29 is 23.6 Å². The Balaban J connectivity index is 2.06. The first kappa shape index (κ1) is 21.7. The van der Waals surface area contributed by atoms with Crippen molar-refractivity contribution in [1.82, 2.24) is 15.5 Å². The van der Waals surface area contributed by atoms with Gasteiger partial charge < -0.3 is 19.3 Å². The number of alkyl carbamates (subject to hydrolysis) is 1. The molecule has 8 nitrogen and oxygen atoms in total. The van der Waals surface area contributed by atoms with Crippen LogP contribution in [0.2, 0.25) is 0 Å². The van der Waals surface area contributed by atoms with Crippen molar-refractivity contribution in [2.24, 2.45) is 0 Å². The molecule has 1 amide bonds. The maximum absolute atomic E-state index is 12.2. The van der Waals surface area contributed by atoms with E-state index in [0.717, 1.165) is 11.3 Å². The van der Waals surface area contributed by atoms with Crippen molar-refractivity contribution in [1.29, 1.82) is 0 Å². The molecule has 2 aromatic rings. The Morgan fingerprint density at radius 1 is 1.25 bits per heavy atom. The van der Waals surface area contributed by atoms with Gasteiger partial charge in [-0.25, -0.2) is 9.59 Å². The molecule has 0 aliphatic heterocycles. The average Bonchev–Trinajstić information content (AvgIpc) is 3.10. The molecule has 0 saturated heterocycles. The Morgan fingerprint density at radius 2 is 1.96 bits per heavy atom. The number of aromatic nitrogens is 2. The number of nitrogens with one attached hydrogen (secondary N) is 1. The summed E-state index contributed by atoms with van der Waals surface area (Å²) < 4.78 is 15.4. The van der Waals surface area contributed by atoms with Gasteiger partial charge in [0.05, 0.1) is 6.61 Å². The molecule has 1 aromatic carbocycles. The molecule has 0 fully saturated rings. The molecule has 28 heavy (non-hydrogen) atoms. The quantitative estimate of drug-likeness (QED) is 0.660. The van der Waals surface area contributed by atoms with E-state index in [-0.39, 0.29) is 18.3 Å². The van der Waals surface area contributed by atoms with E-state index < -0.39 is 23.7 Å². The summed E-state index contributed by atoms with van der Waals surface area (Å²) in [5, 5.41) is 6.37. The lowest BCUT2D eigenvalue weighted by Gasteiger charge is -2.22. The van der Waals surface area contributed by atoms with Gasteiger partial charge in [0, 0.05) is 11.5 Å². The summed E-state index contributed by atoms with van der Waals surface area (Å²) in [6, 6.07) is 9.32. The third-order valence-electron chi connectivity index (χ3n) is 3.28. The van der Waals surface area contributed by atoms with Crippen LogP contribution in [0.3, 0.4) is 0 Å². The van der Waals surface area contributed by atoms with Crippen molar-refractivity contribution >= 4 is 23.8 Å². The number of thioether (sulfide) groups is 1. The highest BCUT2D eigenvalue weighted by molar-refractivity contribution is 7.98. The number of hydrogen-bond acceptors (Lipinski definition) is 8. The Bertz CT molecular complexity index is 773. The predicted octanol–water partition coefficient (Wildman–Crippen LogP) is 3.75. The lowest BCUT2D eigenvalue weighted by atomic mass is 10.2. The maximum Gasteiger partial charge on any atom is 0.408 e. The second-order valence-corrected chi connectivity index (χ2v) is 7.91. The van der Waals surface area contributed by atoms with Crippen LogP contribution >= 0.6 is 11.8 Å². The number of ether oxygens (including phenoxy) is 2. The van der Waals surface area contributed by atoms with E-state index in [9.17, 15) is 9.59 Å². The van der Waals surface area contributed by atoms with Gasteiger partial charge in [0.2, 0.25) is 0 Å². The highest BCUT2D eigenvalue weighted by atomic mass is 32.2. The van der Waals surface area contributed by atoms with Crippen LogP contribution in [0, 0.1) is 0 Å². The smallest absolute Gasteiger partial charge is 0.408 e. The lowest BCUT2D eigenvalue weighted by molar-refractivity contribution is 0.0492. The molecule has 0 aliphatic rings. The normalized spacial score (nSPS) is 12.3. The molecule has 9 heteroatoms. The number of amides is 1. The van der Waals surface area contributed by atoms with Crippen LogP contribution in [0.1, 0.15) is 55.8 Å². The van der Waals surface area contributed by atoms with E-state index in [1.807, 2.05) is 30.3 Å². The zero-order valence-electron chi connectivity index (χ0n) is 16.4. The van der Waals surface area contributed by atoms with Gasteiger partial charge in [-0.15, -0.1) is 0 Å². The zero-order chi connectivity index (χ0) is 20.6. The number of rotatable bonds is 8. The van der Waals surface area contributed by atoms with Crippen LogP contribution in [-0.2, 0) is 15.2 Å². The SMILES string of the molecule is CCOC(=O)c1noc([C@H](CSCc2ccccc2)NC(=O)OC(C)(C)C)n1. The van der Waals surface area contributed by atoms with Gasteiger partial charge in [0.25, 0.3) is 11.7 Å². The van der Waals surface area contributed by atoms with E-state index in [2.05, 4.69) is 15.5 Å². The molecular weight excluding hydrogens is 382 g/mol. The molecule has 1 heterocycles. The average molecular weight is 407 g/mol. The molecule has 2 rings (SSSR count). The molecule has 0 unspecified atom stereocenters. The summed E-state index contributed by atoms with van der Waals surface area (Å²) in [7, 11) is 0. The largest absolute Gasteiger partial charge is 0.460 e. The fraction of sp³-hybridized carbons (Fsp3) is 0.474. The van der Waals surface area contributed by atoms with Crippen LogP contribution in [0.5, 0.6) is 0 Å². The molecule has 0 aliphatic carbocycles. The molecular formula is C19H25N3O5S. The van der Waals surface area contributed by atoms with Gasteiger partial charge in [0.1, 0.15) is 11.6 Å². The predicted molar refractivity (Wildman–Crippen MR) is 105 cm³/mol. The molecule has 1 aromatic heterocycles. The fourth-order valence-electron chi connectivity index (χ4n) is 2.15. The minimum atomic E-state index is -0.676. The van der Waals surface area contributed by atoms with Gasteiger partial charge in [-0.1, -0.05) is 30.3 Å². The van der Waals surface area contributed by atoms with Gasteiger partial charge in [-0.2, -0.15) is 16.7 Å². The number of nitrogens with zero attached hydrogens (tertiary/aromatic N) is 2. The monoisotopic (exact) mass is 407 g/mol. The molecule has 0 bridgehead atoms. The first-order valence-electron chi connectivity index (χ1n) is 8.90. The number of hydrogen-bond donors (Lipinski definition) is 1. The highest BCUT2D eigenvalue weighted by Crippen LogP contribution is 2.21. The van der Waals surface area contributed by atoms with Gasteiger partial charge in [-0.05, 0) is 38.4 Å². The van der Waals surface area contributed by atoms with Crippen molar-refractivity contribution in [2.75, 3.05) is 12.4 Å². The molecule has 0 radical (unpaired) electrons. The molecule has 0 saturated carbocycles. The standard InChI is InChI=1S/C19H25N3O5S/c1-5-25-17(23)15-21-16(27-22-15)14(20-18(24)26-19(2,3)4)12-28-11-13-9-7-6-8-10-13/h6-10,14H,5,11-12H2,1-4H3,(H,20,24)/t14-/m0/s1. The maximum atomic E-state index is 12.2. The Morgan fingerprint density at radius 3 is 2.61 bits per heavy atom. The van der Waals surface area contributed by atoms with Crippen LogP contribution in [0.25, 0.3) is 0 Å². The van der Waals surface area contributed by atoms with E-state index >= 15 is 0 Å². The Labute approximate surface area is 168 Å².